The van der Waals surface area contributed by atoms with Crippen LogP contribution in [0, 0.1) is 0 Å². The Hall–Kier alpha value is -1.82. The molecule has 0 aliphatic heterocycles. The molecular formula is C19H22. The highest BCUT2D eigenvalue weighted by Crippen LogP contribution is 2.26. The van der Waals surface area contributed by atoms with E-state index < -0.39 is 0 Å². The molecule has 0 radical (unpaired) electrons. The Labute approximate surface area is 116 Å². The lowest BCUT2D eigenvalue weighted by Gasteiger charge is -2.14. The van der Waals surface area contributed by atoms with Gasteiger partial charge >= 0.3 is 0 Å². The summed E-state index contributed by atoms with van der Waals surface area (Å²) < 4.78 is 0. The minimum atomic E-state index is 0.374. The minimum absolute atomic E-state index is 0.374. The number of rotatable bonds is 6. The van der Waals surface area contributed by atoms with Gasteiger partial charge in [-0.3, -0.25) is 0 Å². The molecule has 0 amide bonds. The fraction of sp³-hybridized carbons (Fsp3) is 0.263. The average Bonchev–Trinajstić information content (AvgIpc) is 2.49. The third-order valence-electron chi connectivity index (χ3n) is 3.37. The lowest BCUT2D eigenvalue weighted by atomic mass is 9.91. The van der Waals surface area contributed by atoms with Crippen molar-refractivity contribution in [2.45, 2.75) is 32.1 Å². The van der Waals surface area contributed by atoms with Crippen molar-refractivity contribution in [2.24, 2.45) is 0 Å². The van der Waals surface area contributed by atoms with E-state index in [4.69, 9.17) is 0 Å². The minimum Gasteiger partial charge on any atom is -0.0876 e. The standard InChI is InChI=1S/C19H22/c1-2-3-4-11-16-19(17-12-7-5-8-13-17)18-14-9-6-10-15-18/h5-16,19H,2-4H2,1H3/b16-11+. The monoisotopic (exact) mass is 250 g/mol. The predicted molar refractivity (Wildman–Crippen MR) is 83.4 cm³/mol. The van der Waals surface area contributed by atoms with Crippen LogP contribution in [0.15, 0.2) is 72.8 Å². The van der Waals surface area contributed by atoms with Crippen molar-refractivity contribution in [3.8, 4) is 0 Å². The highest BCUT2D eigenvalue weighted by molar-refractivity contribution is 5.36. The summed E-state index contributed by atoms with van der Waals surface area (Å²) in [5.41, 5.74) is 2.72. The van der Waals surface area contributed by atoms with Crippen LogP contribution < -0.4 is 0 Å². The Bertz CT molecular complexity index is 442. The first-order valence-electron chi connectivity index (χ1n) is 7.18. The van der Waals surface area contributed by atoms with E-state index in [2.05, 4.69) is 79.7 Å². The molecule has 2 aromatic carbocycles. The van der Waals surface area contributed by atoms with Crippen LogP contribution >= 0.6 is 0 Å². The summed E-state index contributed by atoms with van der Waals surface area (Å²) in [4.78, 5) is 0. The number of benzene rings is 2. The van der Waals surface area contributed by atoms with Crippen LogP contribution in [0.5, 0.6) is 0 Å². The Kier molecular flexibility index (Phi) is 5.43. The largest absolute Gasteiger partial charge is 0.0876 e. The van der Waals surface area contributed by atoms with Gasteiger partial charge in [0.2, 0.25) is 0 Å². The zero-order valence-corrected chi connectivity index (χ0v) is 11.6. The van der Waals surface area contributed by atoms with Gasteiger partial charge < -0.3 is 0 Å². The maximum atomic E-state index is 2.35. The summed E-state index contributed by atoms with van der Waals surface area (Å²) in [7, 11) is 0. The number of hydrogen-bond acceptors (Lipinski definition) is 0. The van der Waals surface area contributed by atoms with Crippen LogP contribution in [0.1, 0.15) is 43.2 Å². The third-order valence-corrected chi connectivity index (χ3v) is 3.37. The van der Waals surface area contributed by atoms with Crippen molar-refractivity contribution in [3.63, 3.8) is 0 Å². The molecule has 0 nitrogen and oxygen atoms in total. The van der Waals surface area contributed by atoms with Crippen molar-refractivity contribution < 1.29 is 0 Å². The van der Waals surface area contributed by atoms with Crippen LogP contribution in [0.25, 0.3) is 0 Å². The fourth-order valence-electron chi connectivity index (χ4n) is 2.29. The second kappa shape index (κ2) is 7.58. The third kappa shape index (κ3) is 4.10. The molecule has 2 rings (SSSR count). The van der Waals surface area contributed by atoms with Gasteiger partial charge in [-0.1, -0.05) is 92.6 Å². The van der Waals surface area contributed by atoms with Crippen LogP contribution in [0.2, 0.25) is 0 Å². The summed E-state index contributed by atoms with van der Waals surface area (Å²) in [6, 6.07) is 21.5. The Balaban J connectivity index is 2.22. The van der Waals surface area contributed by atoms with E-state index in [1.54, 1.807) is 0 Å². The van der Waals surface area contributed by atoms with Gasteiger partial charge in [0.15, 0.2) is 0 Å². The molecule has 19 heavy (non-hydrogen) atoms. The molecule has 0 heterocycles. The van der Waals surface area contributed by atoms with Gasteiger partial charge in [0.1, 0.15) is 0 Å². The van der Waals surface area contributed by atoms with Gasteiger partial charge in [-0.25, -0.2) is 0 Å². The van der Waals surface area contributed by atoms with E-state index in [1.807, 2.05) is 0 Å². The topological polar surface area (TPSA) is 0 Å². The van der Waals surface area contributed by atoms with E-state index >= 15 is 0 Å². The number of allylic oxidation sites excluding steroid dienone is 2. The summed E-state index contributed by atoms with van der Waals surface area (Å²) in [6.45, 7) is 2.24. The van der Waals surface area contributed by atoms with Crippen molar-refractivity contribution in [1.29, 1.82) is 0 Å². The first-order valence-corrected chi connectivity index (χ1v) is 7.18. The van der Waals surface area contributed by atoms with Gasteiger partial charge in [0.25, 0.3) is 0 Å². The van der Waals surface area contributed by atoms with E-state index in [1.165, 1.54) is 30.4 Å². The van der Waals surface area contributed by atoms with E-state index in [0.29, 0.717) is 5.92 Å². The zero-order valence-electron chi connectivity index (χ0n) is 11.6. The lowest BCUT2D eigenvalue weighted by Crippen LogP contribution is -1.97. The van der Waals surface area contributed by atoms with Crippen molar-refractivity contribution in [2.75, 3.05) is 0 Å². The molecule has 0 fully saturated rings. The summed E-state index contributed by atoms with van der Waals surface area (Å²) in [5, 5.41) is 0. The van der Waals surface area contributed by atoms with Crippen LogP contribution in [-0.4, -0.2) is 0 Å². The van der Waals surface area contributed by atoms with Crippen molar-refractivity contribution >= 4 is 0 Å². The second-order valence-electron chi connectivity index (χ2n) is 4.87. The summed E-state index contributed by atoms with van der Waals surface area (Å²) in [5.74, 6) is 0.374. The molecule has 0 bridgehead atoms. The van der Waals surface area contributed by atoms with Gasteiger partial charge in [-0.05, 0) is 17.5 Å². The molecule has 98 valence electrons. The first kappa shape index (κ1) is 13.6. The van der Waals surface area contributed by atoms with Crippen molar-refractivity contribution in [1.82, 2.24) is 0 Å². The molecule has 0 heteroatoms. The molecule has 0 aliphatic carbocycles. The van der Waals surface area contributed by atoms with E-state index in [-0.39, 0.29) is 0 Å². The van der Waals surface area contributed by atoms with Crippen molar-refractivity contribution in [3.05, 3.63) is 83.9 Å². The molecule has 0 spiro atoms. The zero-order chi connectivity index (χ0) is 13.3. The molecule has 0 aromatic heterocycles. The Morgan fingerprint density at radius 2 is 1.37 bits per heavy atom. The fourth-order valence-corrected chi connectivity index (χ4v) is 2.29. The SMILES string of the molecule is CCCC/C=C/C(c1ccccc1)c1ccccc1. The lowest BCUT2D eigenvalue weighted by molar-refractivity contribution is 0.810. The Morgan fingerprint density at radius 3 is 1.84 bits per heavy atom. The highest BCUT2D eigenvalue weighted by Gasteiger charge is 2.09. The van der Waals surface area contributed by atoms with Gasteiger partial charge in [0, 0.05) is 5.92 Å². The number of unbranched alkanes of at least 4 members (excludes halogenated alkanes) is 2. The van der Waals surface area contributed by atoms with Gasteiger partial charge in [-0.2, -0.15) is 0 Å². The maximum absolute atomic E-state index is 2.35. The molecule has 0 N–H and O–H groups in total. The predicted octanol–water partition coefficient (Wildman–Crippen LogP) is 5.56. The summed E-state index contributed by atoms with van der Waals surface area (Å²) in [6.07, 6.45) is 8.37. The van der Waals surface area contributed by atoms with Crippen LogP contribution in [0.4, 0.5) is 0 Å². The molecule has 0 atom stereocenters. The van der Waals surface area contributed by atoms with Crippen LogP contribution in [-0.2, 0) is 0 Å². The maximum Gasteiger partial charge on any atom is 0.0269 e. The molecule has 2 aromatic rings. The molecule has 0 saturated heterocycles. The smallest absolute Gasteiger partial charge is 0.0269 e. The molecular weight excluding hydrogens is 228 g/mol. The molecule has 0 saturated carbocycles. The normalized spacial score (nSPS) is 11.3. The van der Waals surface area contributed by atoms with E-state index in [0.717, 1.165) is 0 Å². The number of hydrogen-bond donors (Lipinski definition) is 0. The Morgan fingerprint density at radius 1 is 0.842 bits per heavy atom. The van der Waals surface area contributed by atoms with E-state index in [9.17, 15) is 0 Å². The molecule has 0 unspecified atom stereocenters. The summed E-state index contributed by atoms with van der Waals surface area (Å²) >= 11 is 0. The van der Waals surface area contributed by atoms with Gasteiger partial charge in [-0.15, -0.1) is 0 Å². The molecule has 0 aliphatic rings. The second-order valence-corrected chi connectivity index (χ2v) is 4.87. The van der Waals surface area contributed by atoms with Gasteiger partial charge in [0.05, 0.1) is 0 Å². The average molecular weight is 250 g/mol. The van der Waals surface area contributed by atoms with Crippen LogP contribution in [0.3, 0.4) is 0 Å². The highest BCUT2D eigenvalue weighted by atomic mass is 14.1. The first-order chi connectivity index (χ1) is 9.42. The quantitative estimate of drug-likeness (QED) is 0.465.